The minimum atomic E-state index is 0. The Balaban J connectivity index is 0.00000329. The number of hydrogen-bond acceptors (Lipinski definition) is 3. The van der Waals surface area contributed by atoms with Gasteiger partial charge in [-0.25, -0.2) is 4.98 Å². The first kappa shape index (κ1) is 28.6. The van der Waals surface area contributed by atoms with Crippen molar-refractivity contribution < 1.29 is 25.8 Å². The Labute approximate surface area is 266 Å². The number of fused-ring (bicyclic) bond motifs is 3. The summed E-state index contributed by atoms with van der Waals surface area (Å²) in [4.78, 5) is 4.67. The number of benzene rings is 4. The monoisotopic (exact) mass is 741 g/mol. The number of pyridine rings is 1. The van der Waals surface area contributed by atoms with Gasteiger partial charge in [-0.05, 0) is 71.8 Å². The molecule has 0 radical (unpaired) electrons. The molecule has 5 nitrogen and oxygen atoms in total. The fourth-order valence-corrected chi connectivity index (χ4v) is 5.76. The molecule has 4 aromatic carbocycles. The molecule has 0 saturated heterocycles. The van der Waals surface area contributed by atoms with E-state index in [1.54, 1.807) is 0 Å². The van der Waals surface area contributed by atoms with Crippen molar-refractivity contribution in [2.75, 3.05) is 0 Å². The van der Waals surface area contributed by atoms with Crippen LogP contribution in [0.3, 0.4) is 0 Å². The van der Waals surface area contributed by atoms with E-state index in [2.05, 4.69) is 108 Å². The summed E-state index contributed by atoms with van der Waals surface area (Å²) in [5, 5.41) is 6.93. The number of rotatable bonds is 7. The van der Waals surface area contributed by atoms with Gasteiger partial charge in [0.15, 0.2) is 0 Å². The molecular weight excluding hydrogens is 712 g/mol. The third kappa shape index (κ3) is 5.42. The summed E-state index contributed by atoms with van der Waals surface area (Å²) >= 11 is 0. The quantitative estimate of drug-likeness (QED) is 0.153. The number of aromatic nitrogens is 4. The number of hydrogen-bond donors (Lipinski definition) is 0. The van der Waals surface area contributed by atoms with Crippen LogP contribution in [0.15, 0.2) is 104 Å². The van der Waals surface area contributed by atoms with Crippen LogP contribution < -0.4 is 4.74 Å². The predicted molar refractivity (Wildman–Crippen MR) is 169 cm³/mol. The zero-order valence-electron chi connectivity index (χ0n) is 24.2. The molecule has 43 heavy (non-hydrogen) atoms. The van der Waals surface area contributed by atoms with Crippen LogP contribution in [0.4, 0.5) is 0 Å². The van der Waals surface area contributed by atoms with Gasteiger partial charge in [-0.3, -0.25) is 4.68 Å². The fourth-order valence-electron chi connectivity index (χ4n) is 5.76. The van der Waals surface area contributed by atoms with Gasteiger partial charge in [0.2, 0.25) is 0 Å². The normalized spacial score (nSPS) is 11.1. The van der Waals surface area contributed by atoms with Gasteiger partial charge in [0.25, 0.3) is 0 Å². The third-order valence-corrected chi connectivity index (χ3v) is 7.66. The van der Waals surface area contributed by atoms with Crippen LogP contribution in [0.5, 0.6) is 11.5 Å². The fraction of sp³-hybridized carbons (Fsp3) is 0.135. The van der Waals surface area contributed by atoms with Crippen LogP contribution in [-0.4, -0.2) is 19.3 Å². The second-order valence-electron chi connectivity index (χ2n) is 10.7. The second kappa shape index (κ2) is 12.0. The van der Waals surface area contributed by atoms with Crippen molar-refractivity contribution >= 4 is 21.8 Å². The first-order valence-electron chi connectivity index (χ1n) is 14.3. The summed E-state index contributed by atoms with van der Waals surface area (Å²) in [6.07, 6.45) is 7.99. The molecule has 0 spiro atoms. The van der Waals surface area contributed by atoms with Crippen molar-refractivity contribution in [3.63, 3.8) is 0 Å². The maximum absolute atomic E-state index is 6.33. The number of aryl methyl sites for hydroxylation is 3. The summed E-state index contributed by atoms with van der Waals surface area (Å²) in [5.41, 5.74) is 8.93. The zero-order valence-corrected chi connectivity index (χ0v) is 26.5. The molecule has 7 aromatic rings. The van der Waals surface area contributed by atoms with Crippen molar-refractivity contribution in [2.45, 2.75) is 33.6 Å². The van der Waals surface area contributed by atoms with Gasteiger partial charge in [0.05, 0.1) is 6.20 Å². The molecule has 0 amide bonds. The maximum Gasteiger partial charge on any atom is 2.00 e. The Morgan fingerprint density at radius 2 is 1.67 bits per heavy atom. The molecule has 0 atom stereocenters. The van der Waals surface area contributed by atoms with E-state index < -0.39 is 0 Å². The molecule has 7 rings (SSSR count). The molecule has 0 unspecified atom stereocenters. The van der Waals surface area contributed by atoms with Crippen LogP contribution in [0.25, 0.3) is 44.4 Å². The van der Waals surface area contributed by atoms with Crippen LogP contribution in [0.2, 0.25) is 0 Å². The Kier molecular flexibility index (Phi) is 8.01. The Morgan fingerprint density at radius 1 is 0.837 bits per heavy atom. The average Bonchev–Trinajstić information content (AvgIpc) is 3.61. The summed E-state index contributed by atoms with van der Waals surface area (Å²) in [6.45, 7) is 6.45. The van der Waals surface area contributed by atoms with E-state index in [1.807, 2.05) is 47.4 Å². The largest absolute Gasteiger partial charge is 2.00 e. The van der Waals surface area contributed by atoms with E-state index in [4.69, 9.17) is 4.74 Å². The Morgan fingerprint density at radius 3 is 2.53 bits per heavy atom. The third-order valence-electron chi connectivity index (χ3n) is 7.66. The second-order valence-corrected chi connectivity index (χ2v) is 10.7. The van der Waals surface area contributed by atoms with Crippen LogP contribution in [0, 0.1) is 26.0 Å². The van der Waals surface area contributed by atoms with Gasteiger partial charge in [0, 0.05) is 35.0 Å². The van der Waals surface area contributed by atoms with E-state index in [9.17, 15) is 0 Å². The molecule has 0 fully saturated rings. The van der Waals surface area contributed by atoms with Crippen molar-refractivity contribution in [1.29, 1.82) is 0 Å². The van der Waals surface area contributed by atoms with E-state index >= 15 is 0 Å². The maximum atomic E-state index is 6.33. The summed E-state index contributed by atoms with van der Waals surface area (Å²) in [6, 6.07) is 35.8. The van der Waals surface area contributed by atoms with Gasteiger partial charge in [-0.1, -0.05) is 55.3 Å². The first-order chi connectivity index (χ1) is 20.6. The number of para-hydroxylation sites is 1. The van der Waals surface area contributed by atoms with Crippen LogP contribution >= 0.6 is 0 Å². The van der Waals surface area contributed by atoms with Crippen molar-refractivity contribution in [3.05, 3.63) is 132 Å². The van der Waals surface area contributed by atoms with Gasteiger partial charge in [0.1, 0.15) is 5.82 Å². The van der Waals surface area contributed by atoms with Gasteiger partial charge < -0.3 is 9.30 Å². The standard InChI is InChI=1S/C37H30N4O.Pt/c1-4-9-27-11-7-10-26(3)37(27)28-23-39-40(24-28)29-12-8-13-30(21-29)42-31-16-17-33-32-14-5-6-15-34(32)41(35(33)22-31)36-20-25(2)18-19-38-36;/h5-8,10-20,23-24H,4,9H2,1-3H3;/q-2;+2. The van der Waals surface area contributed by atoms with Gasteiger partial charge >= 0.3 is 21.1 Å². The van der Waals surface area contributed by atoms with Gasteiger partial charge in [-0.2, -0.15) is 17.2 Å². The molecule has 0 aliphatic heterocycles. The van der Waals surface area contributed by atoms with E-state index in [0.717, 1.165) is 57.3 Å². The molecule has 0 aliphatic rings. The Hall–Kier alpha value is -4.47. The van der Waals surface area contributed by atoms with E-state index in [1.165, 1.54) is 16.7 Å². The number of ether oxygens (including phenoxy) is 1. The summed E-state index contributed by atoms with van der Waals surface area (Å²) < 4.78 is 10.3. The summed E-state index contributed by atoms with van der Waals surface area (Å²) in [5.74, 6) is 2.06. The zero-order chi connectivity index (χ0) is 28.6. The van der Waals surface area contributed by atoms with E-state index in [-0.39, 0.29) is 21.1 Å². The minimum absolute atomic E-state index is 0. The summed E-state index contributed by atoms with van der Waals surface area (Å²) in [7, 11) is 0. The van der Waals surface area contributed by atoms with Crippen molar-refractivity contribution in [3.8, 4) is 34.1 Å². The molecular formula is C37H30N4OPt. The Bertz CT molecular complexity index is 2070. The molecule has 0 saturated carbocycles. The molecule has 6 heteroatoms. The topological polar surface area (TPSA) is 44.9 Å². The smallest absolute Gasteiger partial charge is 0.509 e. The van der Waals surface area contributed by atoms with Gasteiger partial charge in [-0.15, -0.1) is 35.7 Å². The SMILES string of the molecule is CCCc1cccc(C)c1-c1cnn(-c2[c-]c(Oc3[c-]c4c(cc3)c3ccccc3n4-c3cc(C)ccn3)ccc2)c1.[Pt+2]. The van der Waals surface area contributed by atoms with E-state index in [0.29, 0.717) is 11.5 Å². The molecule has 0 bridgehead atoms. The van der Waals surface area contributed by atoms with Crippen molar-refractivity contribution in [2.24, 2.45) is 0 Å². The molecule has 0 N–H and O–H groups in total. The van der Waals surface area contributed by atoms with Crippen LogP contribution in [0.1, 0.15) is 30.0 Å². The predicted octanol–water partition coefficient (Wildman–Crippen LogP) is 8.99. The minimum Gasteiger partial charge on any atom is -0.509 e. The number of nitrogens with zero attached hydrogens (tertiary/aromatic N) is 4. The molecule has 3 heterocycles. The average molecular weight is 742 g/mol. The molecule has 0 aliphatic carbocycles. The molecule has 214 valence electrons. The van der Waals surface area contributed by atoms with Crippen molar-refractivity contribution in [1.82, 2.24) is 19.3 Å². The molecule has 3 aromatic heterocycles. The van der Waals surface area contributed by atoms with Crippen LogP contribution in [-0.2, 0) is 27.5 Å². The first-order valence-corrected chi connectivity index (χ1v) is 14.3.